The fraction of sp³-hybridized carbons (Fsp3) is 0.636. The van der Waals surface area contributed by atoms with Gasteiger partial charge in [-0.25, -0.2) is 0 Å². The number of carboxylic acids is 2. The van der Waals surface area contributed by atoms with Crippen molar-refractivity contribution in [3.63, 3.8) is 0 Å². The molecule has 0 radical (unpaired) electrons. The van der Waals surface area contributed by atoms with E-state index in [9.17, 15) is 19.2 Å². The SMILES string of the molecule is C.NC(CCC(=O)NC(CS)C(=O)NCC(=O)O)C(=O)O.[Cr]. The van der Waals surface area contributed by atoms with Crippen molar-refractivity contribution in [2.45, 2.75) is 32.4 Å². The van der Waals surface area contributed by atoms with Crippen molar-refractivity contribution >= 4 is 36.4 Å². The molecule has 2 amide bonds. The Labute approximate surface area is 144 Å². The third kappa shape index (κ3) is 11.4. The summed E-state index contributed by atoms with van der Waals surface area (Å²) in [7, 11) is 0. The molecule has 9 nitrogen and oxygen atoms in total. The van der Waals surface area contributed by atoms with Crippen molar-refractivity contribution < 1.29 is 46.8 Å². The van der Waals surface area contributed by atoms with Crippen LogP contribution in [0.2, 0.25) is 0 Å². The number of carbonyl (C=O) groups is 4. The molecule has 0 heterocycles. The van der Waals surface area contributed by atoms with Gasteiger partial charge in [-0.05, 0) is 6.42 Å². The van der Waals surface area contributed by atoms with Gasteiger partial charge in [-0.2, -0.15) is 12.6 Å². The van der Waals surface area contributed by atoms with Crippen LogP contribution in [0.3, 0.4) is 0 Å². The zero-order chi connectivity index (χ0) is 15.7. The molecule has 22 heavy (non-hydrogen) atoms. The van der Waals surface area contributed by atoms with E-state index in [1.54, 1.807) is 0 Å². The van der Waals surface area contributed by atoms with Crippen LogP contribution >= 0.6 is 12.6 Å². The van der Waals surface area contributed by atoms with Crippen LogP contribution in [0.1, 0.15) is 20.3 Å². The number of amides is 2. The smallest absolute Gasteiger partial charge is 0.322 e. The molecule has 2 atom stereocenters. The van der Waals surface area contributed by atoms with E-state index in [0.717, 1.165) is 0 Å². The minimum atomic E-state index is -1.22. The number of nitrogens with two attached hydrogens (primary N) is 1. The van der Waals surface area contributed by atoms with Crippen molar-refractivity contribution in [1.29, 1.82) is 0 Å². The van der Waals surface area contributed by atoms with Crippen molar-refractivity contribution in [3.05, 3.63) is 0 Å². The molecular formula is C11H21CrN3O6S. The van der Waals surface area contributed by atoms with Gasteiger partial charge in [0.25, 0.3) is 0 Å². The summed E-state index contributed by atoms with van der Waals surface area (Å²) in [6.07, 6.45) is -0.235. The molecule has 0 aromatic carbocycles. The molecule has 0 saturated heterocycles. The second kappa shape index (κ2) is 13.4. The molecule has 0 aliphatic rings. The first-order chi connectivity index (χ1) is 9.27. The number of rotatable bonds is 9. The molecule has 0 rings (SSSR count). The van der Waals surface area contributed by atoms with E-state index < -0.39 is 42.4 Å². The number of aliphatic carboxylic acids is 2. The van der Waals surface area contributed by atoms with Crippen molar-refractivity contribution in [1.82, 2.24) is 10.6 Å². The Morgan fingerprint density at radius 2 is 1.73 bits per heavy atom. The molecule has 2 unspecified atom stereocenters. The average molecular weight is 375 g/mol. The fourth-order valence-electron chi connectivity index (χ4n) is 1.16. The molecule has 0 aliphatic carbocycles. The van der Waals surface area contributed by atoms with E-state index in [1.165, 1.54) is 0 Å². The predicted molar refractivity (Wildman–Crippen MR) is 78.0 cm³/mol. The summed E-state index contributed by atoms with van der Waals surface area (Å²) in [5.74, 6) is -3.70. The van der Waals surface area contributed by atoms with Crippen molar-refractivity contribution in [2.75, 3.05) is 12.3 Å². The standard InChI is InChI=1S/C10H17N3O6S.CH4.Cr/c11-5(10(18)19)1-2-7(14)13-6(4-20)9(17)12-3-8(15)16;;/h5-6,20H,1-4,11H2,(H,12,17)(H,13,14)(H,15,16)(H,18,19);1H4;. The topological polar surface area (TPSA) is 159 Å². The van der Waals surface area contributed by atoms with Gasteiger partial charge in [0, 0.05) is 29.5 Å². The summed E-state index contributed by atoms with van der Waals surface area (Å²) in [6.45, 7) is -0.567. The van der Waals surface area contributed by atoms with E-state index >= 15 is 0 Å². The van der Waals surface area contributed by atoms with Gasteiger partial charge < -0.3 is 26.6 Å². The van der Waals surface area contributed by atoms with Gasteiger partial charge in [-0.1, -0.05) is 7.43 Å². The van der Waals surface area contributed by atoms with Gasteiger partial charge in [0.05, 0.1) is 0 Å². The number of carboxylic acid groups (broad SMARTS) is 2. The average Bonchev–Trinajstić information content (AvgIpc) is 2.38. The Morgan fingerprint density at radius 3 is 2.14 bits per heavy atom. The van der Waals surface area contributed by atoms with Crippen LogP contribution in [0, 0.1) is 0 Å². The Kier molecular flexibility index (Phi) is 15.6. The van der Waals surface area contributed by atoms with Gasteiger partial charge in [0.2, 0.25) is 11.8 Å². The van der Waals surface area contributed by atoms with Crippen LogP contribution in [0.4, 0.5) is 0 Å². The minimum absolute atomic E-state index is 0. The normalized spacial score (nSPS) is 11.9. The monoisotopic (exact) mass is 375 g/mol. The predicted octanol–water partition coefficient (Wildman–Crippen LogP) is -1.57. The second-order valence-electron chi connectivity index (χ2n) is 3.90. The molecule has 0 bridgehead atoms. The maximum absolute atomic E-state index is 11.5. The second-order valence-corrected chi connectivity index (χ2v) is 4.26. The molecule has 11 heteroatoms. The van der Waals surface area contributed by atoms with Crippen molar-refractivity contribution in [3.8, 4) is 0 Å². The summed E-state index contributed by atoms with van der Waals surface area (Å²) in [6, 6.07) is -2.15. The van der Waals surface area contributed by atoms with Gasteiger partial charge >= 0.3 is 11.9 Å². The van der Waals surface area contributed by atoms with Crippen LogP contribution in [0.15, 0.2) is 0 Å². The summed E-state index contributed by atoms with van der Waals surface area (Å²) in [4.78, 5) is 43.7. The Balaban J connectivity index is -0.00000180. The Bertz CT molecular complexity index is 396. The zero-order valence-electron chi connectivity index (χ0n) is 10.9. The first kappa shape index (κ1) is 25.7. The summed E-state index contributed by atoms with van der Waals surface area (Å²) >= 11 is 3.87. The minimum Gasteiger partial charge on any atom is -0.480 e. The summed E-state index contributed by atoms with van der Waals surface area (Å²) in [5, 5.41) is 21.4. The largest absolute Gasteiger partial charge is 0.480 e. The Hall–Kier alpha value is -1.28. The van der Waals surface area contributed by atoms with Crippen LogP contribution in [-0.4, -0.2) is 58.3 Å². The van der Waals surface area contributed by atoms with E-state index in [2.05, 4.69) is 23.3 Å². The summed E-state index contributed by atoms with van der Waals surface area (Å²) < 4.78 is 0. The van der Waals surface area contributed by atoms with Crippen molar-refractivity contribution in [2.24, 2.45) is 5.73 Å². The molecule has 0 aromatic rings. The van der Waals surface area contributed by atoms with E-state index in [4.69, 9.17) is 15.9 Å². The maximum atomic E-state index is 11.5. The van der Waals surface area contributed by atoms with Crippen LogP contribution in [0.25, 0.3) is 0 Å². The molecule has 0 fully saturated rings. The van der Waals surface area contributed by atoms with Crippen LogP contribution in [0.5, 0.6) is 0 Å². The first-order valence-corrected chi connectivity index (χ1v) is 6.29. The van der Waals surface area contributed by atoms with E-state index in [-0.39, 0.29) is 43.4 Å². The number of nitrogens with one attached hydrogen (secondary N) is 2. The molecular weight excluding hydrogens is 354 g/mol. The van der Waals surface area contributed by atoms with Gasteiger partial charge in [-0.15, -0.1) is 0 Å². The van der Waals surface area contributed by atoms with Gasteiger partial charge in [-0.3, -0.25) is 19.2 Å². The van der Waals surface area contributed by atoms with Gasteiger partial charge in [0.1, 0.15) is 18.6 Å². The van der Waals surface area contributed by atoms with Gasteiger partial charge in [0.15, 0.2) is 0 Å². The number of thiol groups is 1. The quantitative estimate of drug-likeness (QED) is 0.266. The molecule has 0 aliphatic heterocycles. The maximum Gasteiger partial charge on any atom is 0.322 e. The first-order valence-electron chi connectivity index (χ1n) is 5.66. The van der Waals surface area contributed by atoms with E-state index in [0.29, 0.717) is 0 Å². The molecule has 128 valence electrons. The Morgan fingerprint density at radius 1 is 1.18 bits per heavy atom. The fourth-order valence-corrected chi connectivity index (χ4v) is 1.41. The summed E-state index contributed by atoms with van der Waals surface area (Å²) in [5.41, 5.74) is 5.23. The van der Waals surface area contributed by atoms with Crippen LogP contribution in [-0.2, 0) is 36.5 Å². The molecule has 0 saturated carbocycles. The molecule has 6 N–H and O–H groups in total. The third-order valence-electron chi connectivity index (χ3n) is 2.25. The molecule has 0 aromatic heterocycles. The number of carbonyl (C=O) groups excluding carboxylic acids is 2. The zero-order valence-corrected chi connectivity index (χ0v) is 13.1. The molecule has 0 spiro atoms. The number of hydrogen-bond acceptors (Lipinski definition) is 6. The number of hydrogen-bond donors (Lipinski definition) is 6. The van der Waals surface area contributed by atoms with E-state index in [1.807, 2.05) is 0 Å². The third-order valence-corrected chi connectivity index (χ3v) is 2.61. The van der Waals surface area contributed by atoms with Crippen LogP contribution < -0.4 is 16.4 Å².